The van der Waals surface area contributed by atoms with E-state index in [0.717, 1.165) is 12.8 Å². The second-order valence-corrected chi connectivity index (χ2v) is 6.31. The third-order valence-electron chi connectivity index (χ3n) is 3.38. The van der Waals surface area contributed by atoms with Gasteiger partial charge < -0.3 is 15.8 Å². The lowest BCUT2D eigenvalue weighted by atomic mass is 9.76. The molecule has 1 fully saturated rings. The molecule has 0 spiro atoms. The predicted octanol–water partition coefficient (Wildman–Crippen LogP) is 2.40. The van der Waals surface area contributed by atoms with Crippen LogP contribution in [0, 0.1) is 11.3 Å². The topological polar surface area (TPSA) is 88.2 Å². The number of nitrogens with one attached hydrogen (secondary N) is 2. The lowest BCUT2D eigenvalue weighted by Crippen LogP contribution is -2.59. The van der Waals surface area contributed by atoms with Crippen LogP contribution >= 0.6 is 0 Å². The van der Waals surface area contributed by atoms with E-state index >= 15 is 0 Å². The minimum absolute atomic E-state index is 0.0280. The largest absolute Gasteiger partial charge is 0.444 e. The van der Waals surface area contributed by atoms with Crippen LogP contribution < -0.4 is 11.1 Å². The average molecular weight is 255 g/mol. The van der Waals surface area contributed by atoms with Crippen molar-refractivity contribution in [2.75, 3.05) is 0 Å². The number of carbonyl (C=O) groups is 1. The maximum Gasteiger partial charge on any atom is 0.408 e. The Morgan fingerprint density at radius 1 is 1.39 bits per heavy atom. The van der Waals surface area contributed by atoms with Gasteiger partial charge in [0.25, 0.3) is 0 Å². The molecule has 1 saturated carbocycles. The minimum atomic E-state index is -0.713. The molecule has 4 N–H and O–H groups in total. The summed E-state index contributed by atoms with van der Waals surface area (Å²) in [5.74, 6) is 0.651. The zero-order chi connectivity index (χ0) is 14.0. The highest BCUT2D eigenvalue weighted by atomic mass is 16.6. The molecule has 1 amide bonds. The highest BCUT2D eigenvalue weighted by Gasteiger charge is 2.39. The lowest BCUT2D eigenvalue weighted by Gasteiger charge is -2.39. The molecule has 0 radical (unpaired) electrons. The molecule has 5 nitrogen and oxygen atoms in total. The molecule has 18 heavy (non-hydrogen) atoms. The van der Waals surface area contributed by atoms with Crippen LogP contribution in [-0.2, 0) is 4.74 Å². The van der Waals surface area contributed by atoms with Gasteiger partial charge in [-0.1, -0.05) is 6.92 Å². The Hall–Kier alpha value is -1.26. The summed E-state index contributed by atoms with van der Waals surface area (Å²) in [6.07, 6.45) is 2.86. The van der Waals surface area contributed by atoms with Crippen molar-refractivity contribution in [1.29, 1.82) is 5.41 Å². The van der Waals surface area contributed by atoms with E-state index in [1.54, 1.807) is 0 Å². The van der Waals surface area contributed by atoms with E-state index in [1.165, 1.54) is 0 Å². The van der Waals surface area contributed by atoms with Gasteiger partial charge >= 0.3 is 6.09 Å². The van der Waals surface area contributed by atoms with Crippen molar-refractivity contribution < 1.29 is 9.53 Å². The number of alkyl carbamates (subject to hydrolysis) is 1. The van der Waals surface area contributed by atoms with E-state index in [4.69, 9.17) is 15.9 Å². The number of rotatable bonds is 2. The van der Waals surface area contributed by atoms with Crippen LogP contribution in [0.2, 0.25) is 0 Å². The molecule has 1 aliphatic rings. The van der Waals surface area contributed by atoms with Gasteiger partial charge in [-0.05, 0) is 52.4 Å². The maximum absolute atomic E-state index is 11.8. The Kier molecular flexibility index (Phi) is 4.24. The second-order valence-electron chi connectivity index (χ2n) is 6.31. The minimum Gasteiger partial charge on any atom is -0.444 e. The van der Waals surface area contributed by atoms with Crippen molar-refractivity contribution in [3.05, 3.63) is 0 Å². The zero-order valence-corrected chi connectivity index (χ0v) is 11.8. The molecule has 0 unspecified atom stereocenters. The molecule has 0 bridgehead atoms. The molecule has 0 aromatic heterocycles. The molecular weight excluding hydrogens is 230 g/mol. The molecule has 0 aromatic rings. The van der Waals surface area contributed by atoms with E-state index < -0.39 is 17.2 Å². The fraction of sp³-hybridized carbons (Fsp3) is 0.846. The van der Waals surface area contributed by atoms with Gasteiger partial charge in [-0.3, -0.25) is 5.41 Å². The average Bonchev–Trinajstić information content (AvgIpc) is 2.18. The quantitative estimate of drug-likeness (QED) is 0.523. The van der Waals surface area contributed by atoms with Gasteiger partial charge in [0.15, 0.2) is 0 Å². The van der Waals surface area contributed by atoms with Crippen LogP contribution in [0.25, 0.3) is 0 Å². The van der Waals surface area contributed by atoms with Crippen LogP contribution in [0.4, 0.5) is 4.79 Å². The summed E-state index contributed by atoms with van der Waals surface area (Å²) in [7, 11) is 0. The molecule has 1 aliphatic carbocycles. The number of hydrogen-bond donors (Lipinski definition) is 3. The Bertz CT molecular complexity index is 326. The first kappa shape index (κ1) is 14.8. The Balaban J connectivity index is 2.70. The monoisotopic (exact) mass is 255 g/mol. The Labute approximate surface area is 109 Å². The summed E-state index contributed by atoms with van der Waals surface area (Å²) in [5.41, 5.74) is 4.42. The molecule has 0 aromatic carbocycles. The normalized spacial score (nSPS) is 28.6. The highest BCUT2D eigenvalue weighted by Crippen LogP contribution is 2.32. The third-order valence-corrected chi connectivity index (χ3v) is 3.38. The van der Waals surface area contributed by atoms with Crippen molar-refractivity contribution >= 4 is 11.9 Å². The van der Waals surface area contributed by atoms with Gasteiger partial charge in [-0.2, -0.15) is 0 Å². The second kappa shape index (κ2) is 5.16. The summed E-state index contributed by atoms with van der Waals surface area (Å²) in [6, 6.07) is 0. The van der Waals surface area contributed by atoms with Crippen molar-refractivity contribution in [3.63, 3.8) is 0 Å². The first-order valence-corrected chi connectivity index (χ1v) is 6.50. The smallest absolute Gasteiger partial charge is 0.408 e. The van der Waals surface area contributed by atoms with Gasteiger partial charge in [0.1, 0.15) is 17.0 Å². The van der Waals surface area contributed by atoms with E-state index in [2.05, 4.69) is 12.2 Å². The number of amides is 1. The molecule has 0 heterocycles. The van der Waals surface area contributed by atoms with E-state index in [9.17, 15) is 4.79 Å². The van der Waals surface area contributed by atoms with E-state index in [-0.39, 0.29) is 5.84 Å². The van der Waals surface area contributed by atoms with Crippen LogP contribution in [0.1, 0.15) is 53.4 Å². The van der Waals surface area contributed by atoms with E-state index in [1.807, 2.05) is 20.8 Å². The summed E-state index contributed by atoms with van der Waals surface area (Å²) >= 11 is 0. The third kappa shape index (κ3) is 3.89. The molecule has 104 valence electrons. The van der Waals surface area contributed by atoms with Gasteiger partial charge in [0.05, 0.1) is 0 Å². The number of carbonyl (C=O) groups excluding carboxylic acids is 1. The number of ether oxygens (including phenoxy) is 1. The Morgan fingerprint density at radius 3 is 2.28 bits per heavy atom. The number of amidine groups is 1. The highest BCUT2D eigenvalue weighted by molar-refractivity contribution is 5.90. The first-order chi connectivity index (χ1) is 8.15. The first-order valence-electron chi connectivity index (χ1n) is 6.50. The maximum atomic E-state index is 11.8. The molecule has 0 aliphatic heterocycles. The van der Waals surface area contributed by atoms with Gasteiger partial charge in [-0.15, -0.1) is 0 Å². The summed E-state index contributed by atoms with van der Waals surface area (Å²) in [6.45, 7) is 7.62. The molecule has 0 saturated heterocycles. The van der Waals surface area contributed by atoms with Crippen LogP contribution in [0.3, 0.4) is 0 Å². The molecule has 5 heteroatoms. The lowest BCUT2D eigenvalue weighted by molar-refractivity contribution is 0.0459. The van der Waals surface area contributed by atoms with Crippen LogP contribution in [-0.4, -0.2) is 23.1 Å². The van der Waals surface area contributed by atoms with Crippen molar-refractivity contribution in [1.82, 2.24) is 5.32 Å². The number of hydrogen-bond acceptors (Lipinski definition) is 3. The van der Waals surface area contributed by atoms with Crippen molar-refractivity contribution in [2.24, 2.45) is 11.7 Å². The summed E-state index contributed by atoms with van der Waals surface area (Å²) < 4.78 is 5.24. The SMILES string of the molecule is CC1CCC(NC(=O)OC(C)(C)C)(C(=N)N)CC1. The molecule has 1 rings (SSSR count). The van der Waals surface area contributed by atoms with Crippen molar-refractivity contribution in [3.8, 4) is 0 Å². The fourth-order valence-electron chi connectivity index (χ4n) is 2.22. The van der Waals surface area contributed by atoms with Crippen LogP contribution in [0.15, 0.2) is 0 Å². The van der Waals surface area contributed by atoms with E-state index in [0.29, 0.717) is 18.8 Å². The van der Waals surface area contributed by atoms with Gasteiger partial charge in [0, 0.05) is 0 Å². The predicted molar refractivity (Wildman–Crippen MR) is 71.6 cm³/mol. The summed E-state index contributed by atoms with van der Waals surface area (Å²) in [4.78, 5) is 11.8. The number of nitrogens with two attached hydrogens (primary N) is 1. The van der Waals surface area contributed by atoms with Crippen LogP contribution in [0.5, 0.6) is 0 Å². The zero-order valence-electron chi connectivity index (χ0n) is 11.8. The van der Waals surface area contributed by atoms with Gasteiger partial charge in [-0.25, -0.2) is 4.79 Å². The fourth-order valence-corrected chi connectivity index (χ4v) is 2.22. The molecule has 0 atom stereocenters. The Morgan fingerprint density at radius 2 is 1.89 bits per heavy atom. The van der Waals surface area contributed by atoms with Crippen molar-refractivity contribution in [2.45, 2.75) is 64.5 Å². The molecular formula is C13H25N3O2. The standard InChI is InChI=1S/C13H25N3O2/c1-9-5-7-13(8-6-9,10(14)15)16-11(17)18-12(2,3)4/h9H,5-8H2,1-4H3,(H3,14,15)(H,16,17). The summed E-state index contributed by atoms with van der Waals surface area (Å²) in [5, 5.41) is 10.5. The van der Waals surface area contributed by atoms with Gasteiger partial charge in [0.2, 0.25) is 0 Å².